The molecule has 0 amide bonds. The van der Waals surface area contributed by atoms with Crippen LogP contribution in [0.2, 0.25) is 0 Å². The molecular formula is C38H41FO6. The van der Waals surface area contributed by atoms with Crippen molar-refractivity contribution in [2.45, 2.75) is 95.8 Å². The molecule has 8 rings (SSSR count). The van der Waals surface area contributed by atoms with E-state index in [1.165, 1.54) is 0 Å². The average molecular weight is 613 g/mol. The SMILES string of the molecule is C#C.CC.CC(C)C1CC2OC23C2(C)CCc4c(OC(=O)c5ccccc5)oc(C(=O)c5ccccc5)c4C2CC2OC23C1F. The van der Waals surface area contributed by atoms with Gasteiger partial charge in [0.1, 0.15) is 11.8 Å². The van der Waals surface area contributed by atoms with Gasteiger partial charge in [0.15, 0.2) is 11.4 Å². The smallest absolute Gasteiger partial charge is 0.345 e. The van der Waals surface area contributed by atoms with Crippen LogP contribution in [0.5, 0.6) is 5.95 Å². The minimum atomic E-state index is -1.09. The maximum Gasteiger partial charge on any atom is 0.345 e. The summed E-state index contributed by atoms with van der Waals surface area (Å²) in [5.41, 5.74) is 0.255. The summed E-state index contributed by atoms with van der Waals surface area (Å²) in [6.45, 7) is 10.3. The zero-order chi connectivity index (χ0) is 32.3. The number of halogens is 1. The molecule has 0 radical (unpaired) electrons. The third kappa shape index (κ3) is 4.22. The first kappa shape index (κ1) is 31.3. The lowest BCUT2D eigenvalue weighted by Gasteiger charge is -2.53. The molecule has 2 saturated heterocycles. The standard InChI is InChI=1S/C34H33FO6.C2H6.C2H2/c1-18(2)22-16-25-34(41-25)32(3)15-14-21-26(23(32)17-24-33(34,40-24)29(22)35)28(27(36)19-10-6-4-7-11-19)38-31(21)39-30(37)20-12-8-5-9-13-20;2*1-2/h4-13,18,22-25,29H,14-17H2,1-3H3;1-2H3;1-2H. The number of epoxide rings is 2. The fraction of sp³-hybridized carbons (Fsp3) is 0.474. The number of hydrogen-bond acceptors (Lipinski definition) is 6. The molecule has 236 valence electrons. The Morgan fingerprint density at radius 2 is 1.56 bits per heavy atom. The van der Waals surface area contributed by atoms with Gasteiger partial charge in [0.05, 0.1) is 17.8 Å². The van der Waals surface area contributed by atoms with Crippen LogP contribution < -0.4 is 4.74 Å². The van der Waals surface area contributed by atoms with Gasteiger partial charge in [-0.05, 0) is 55.6 Å². The summed E-state index contributed by atoms with van der Waals surface area (Å²) in [7, 11) is 0. The molecular weight excluding hydrogens is 571 g/mol. The number of carbonyl (C=O) groups is 2. The normalized spacial score (nSPS) is 34.5. The molecule has 3 aliphatic carbocycles. The maximum atomic E-state index is 16.4. The van der Waals surface area contributed by atoms with Crippen LogP contribution in [0.3, 0.4) is 0 Å². The van der Waals surface area contributed by atoms with Gasteiger partial charge in [-0.15, -0.1) is 12.8 Å². The van der Waals surface area contributed by atoms with Crippen LogP contribution in [0.4, 0.5) is 4.39 Å². The molecule has 6 nitrogen and oxygen atoms in total. The Hall–Kier alpha value is -3.73. The molecule has 3 heterocycles. The maximum absolute atomic E-state index is 16.4. The first-order chi connectivity index (χ1) is 21.7. The van der Waals surface area contributed by atoms with Gasteiger partial charge in [0.25, 0.3) is 5.95 Å². The molecule has 3 aromatic rings. The number of furan rings is 1. The summed E-state index contributed by atoms with van der Waals surface area (Å²) in [6.07, 6.45) is 8.98. The van der Waals surface area contributed by atoms with Gasteiger partial charge in [-0.3, -0.25) is 4.79 Å². The largest absolute Gasteiger partial charge is 0.421 e. The molecule has 2 aromatic carbocycles. The third-order valence-electron chi connectivity index (χ3n) is 10.9. The van der Waals surface area contributed by atoms with E-state index in [4.69, 9.17) is 18.6 Å². The molecule has 8 atom stereocenters. The molecule has 45 heavy (non-hydrogen) atoms. The van der Waals surface area contributed by atoms with Crippen LogP contribution in [0, 0.1) is 30.1 Å². The van der Waals surface area contributed by atoms with E-state index in [0.717, 1.165) is 11.1 Å². The Balaban J connectivity index is 0.000000860. The zero-order valence-electron chi connectivity index (χ0n) is 26.5. The summed E-state index contributed by atoms with van der Waals surface area (Å²) in [5.74, 6) is -0.629. The fourth-order valence-electron chi connectivity index (χ4n) is 8.86. The van der Waals surface area contributed by atoms with Gasteiger partial charge in [-0.2, -0.15) is 0 Å². The van der Waals surface area contributed by atoms with Crippen molar-refractivity contribution in [2.24, 2.45) is 17.3 Å². The Morgan fingerprint density at radius 3 is 2.18 bits per heavy atom. The predicted octanol–water partition coefficient (Wildman–Crippen LogP) is 7.73. The Kier molecular flexibility index (Phi) is 7.82. The van der Waals surface area contributed by atoms with Crippen molar-refractivity contribution < 1.29 is 32.6 Å². The van der Waals surface area contributed by atoms with E-state index in [-0.39, 0.29) is 47.5 Å². The van der Waals surface area contributed by atoms with E-state index in [0.29, 0.717) is 36.8 Å². The Morgan fingerprint density at radius 1 is 0.933 bits per heavy atom. The minimum absolute atomic E-state index is 0.0707. The minimum Gasteiger partial charge on any atom is -0.421 e. The highest BCUT2D eigenvalue weighted by molar-refractivity contribution is 6.08. The van der Waals surface area contributed by atoms with Gasteiger partial charge in [0, 0.05) is 22.1 Å². The number of carbonyl (C=O) groups excluding carboxylic acids is 2. The quantitative estimate of drug-likeness (QED) is 0.127. The first-order valence-corrected chi connectivity index (χ1v) is 16.1. The van der Waals surface area contributed by atoms with Crippen molar-refractivity contribution in [1.29, 1.82) is 0 Å². The first-order valence-electron chi connectivity index (χ1n) is 16.1. The topological polar surface area (TPSA) is 81.6 Å². The van der Waals surface area contributed by atoms with Gasteiger partial charge >= 0.3 is 5.97 Å². The molecule has 0 bridgehead atoms. The number of rotatable bonds is 5. The highest BCUT2D eigenvalue weighted by Crippen LogP contribution is 2.80. The van der Waals surface area contributed by atoms with Gasteiger partial charge in [-0.25, -0.2) is 9.18 Å². The van der Waals surface area contributed by atoms with E-state index in [9.17, 15) is 9.59 Å². The Labute approximate surface area is 264 Å². The monoisotopic (exact) mass is 612 g/mol. The number of esters is 1. The molecule has 1 aromatic heterocycles. The molecule has 4 fully saturated rings. The van der Waals surface area contributed by atoms with Crippen LogP contribution in [-0.4, -0.2) is 41.3 Å². The van der Waals surface area contributed by atoms with Crippen LogP contribution in [-0.2, 0) is 15.9 Å². The van der Waals surface area contributed by atoms with Crippen LogP contribution >= 0.6 is 0 Å². The van der Waals surface area contributed by atoms with E-state index in [1.807, 2.05) is 38.1 Å². The van der Waals surface area contributed by atoms with Crippen molar-refractivity contribution in [3.8, 4) is 18.8 Å². The molecule has 2 spiro atoms. The second kappa shape index (κ2) is 11.3. The zero-order valence-corrected chi connectivity index (χ0v) is 26.5. The van der Waals surface area contributed by atoms with Crippen LogP contribution in [0.25, 0.3) is 0 Å². The number of terminal acetylenes is 1. The predicted molar refractivity (Wildman–Crippen MR) is 168 cm³/mol. The van der Waals surface area contributed by atoms with E-state index in [1.54, 1.807) is 36.4 Å². The number of benzene rings is 2. The second-order valence-corrected chi connectivity index (χ2v) is 13.1. The lowest BCUT2D eigenvalue weighted by atomic mass is 9.47. The van der Waals surface area contributed by atoms with Gasteiger partial charge in [0.2, 0.25) is 5.78 Å². The highest BCUT2D eigenvalue weighted by atomic mass is 19.1. The van der Waals surface area contributed by atoms with Gasteiger partial charge < -0.3 is 18.6 Å². The third-order valence-corrected chi connectivity index (χ3v) is 10.9. The molecule has 8 unspecified atom stereocenters. The second-order valence-electron chi connectivity index (χ2n) is 13.1. The van der Waals surface area contributed by atoms with Gasteiger partial charge in [-0.1, -0.05) is 83.1 Å². The summed E-state index contributed by atoms with van der Waals surface area (Å²) in [6, 6.07) is 17.7. The van der Waals surface area contributed by atoms with Crippen molar-refractivity contribution >= 4 is 11.8 Å². The van der Waals surface area contributed by atoms with E-state index in [2.05, 4.69) is 33.6 Å². The Bertz CT molecular complexity index is 1610. The molecule has 0 N–H and O–H groups in total. The number of hydrogen-bond donors (Lipinski definition) is 0. The lowest BCUT2D eigenvalue weighted by Crippen LogP contribution is -2.65. The average Bonchev–Trinajstić information content (AvgIpc) is 3.97. The van der Waals surface area contributed by atoms with Crippen molar-refractivity contribution in [2.75, 3.05) is 0 Å². The van der Waals surface area contributed by atoms with E-state index >= 15 is 4.39 Å². The number of ketones is 1. The van der Waals surface area contributed by atoms with Crippen LogP contribution in [0.15, 0.2) is 65.1 Å². The molecule has 5 aliphatic rings. The van der Waals surface area contributed by atoms with E-state index < -0.39 is 28.8 Å². The van der Waals surface area contributed by atoms with Crippen molar-refractivity contribution in [3.63, 3.8) is 0 Å². The van der Waals surface area contributed by atoms with Crippen molar-refractivity contribution in [1.82, 2.24) is 0 Å². The molecule has 2 saturated carbocycles. The summed E-state index contributed by atoms with van der Waals surface area (Å²) >= 11 is 0. The fourth-order valence-corrected chi connectivity index (χ4v) is 8.86. The lowest BCUT2D eigenvalue weighted by molar-refractivity contribution is -0.0606. The number of alkyl halides is 1. The molecule has 2 aliphatic heterocycles. The number of fused-ring (bicyclic) bond motifs is 3. The molecule has 7 heteroatoms. The highest BCUT2D eigenvalue weighted by Gasteiger charge is 2.93. The summed E-state index contributed by atoms with van der Waals surface area (Å²) in [4.78, 5) is 27.0. The van der Waals surface area contributed by atoms with Crippen molar-refractivity contribution in [3.05, 3.63) is 88.7 Å². The summed E-state index contributed by atoms with van der Waals surface area (Å²) < 4.78 is 41.4. The number of ether oxygens (including phenoxy) is 3. The summed E-state index contributed by atoms with van der Waals surface area (Å²) in [5, 5.41) is 0. The van der Waals surface area contributed by atoms with Crippen LogP contribution in [0.1, 0.15) is 97.4 Å².